The van der Waals surface area contributed by atoms with Gasteiger partial charge in [0.05, 0.1) is 0 Å². The number of hydrogen-bond donors (Lipinski definition) is 0. The first-order chi connectivity index (χ1) is 18.8. The molecule has 0 radical (unpaired) electrons. The van der Waals surface area contributed by atoms with Gasteiger partial charge in [-0.3, -0.25) is 0 Å². The van der Waals surface area contributed by atoms with E-state index in [1.54, 1.807) is 11.1 Å². The van der Waals surface area contributed by atoms with Gasteiger partial charge in [0, 0.05) is 0 Å². The second-order valence-electron chi connectivity index (χ2n) is 13.3. The van der Waals surface area contributed by atoms with Crippen molar-refractivity contribution in [2.75, 3.05) is 0 Å². The molecule has 0 aromatic heterocycles. The highest BCUT2D eigenvalue weighted by atomic mass is 14.3. The molecular weight excluding hydrogens is 480 g/mol. The summed E-state index contributed by atoms with van der Waals surface area (Å²) in [6.07, 6.45) is 38.4. The van der Waals surface area contributed by atoms with Crippen LogP contribution in [0.1, 0.15) is 108 Å². The molecule has 0 unspecified atom stereocenters. The van der Waals surface area contributed by atoms with Gasteiger partial charge in [-0.15, -0.1) is 0 Å². The molecule has 0 aromatic carbocycles. The molecule has 0 aliphatic heterocycles. The normalized spacial score (nSPS) is 21.9. The molecule has 0 fully saturated rings. The second kappa shape index (κ2) is 15.8. The molecule has 0 heteroatoms. The fraction of sp³-hybridized carbons (Fsp3) is 0.450. The van der Waals surface area contributed by atoms with Crippen molar-refractivity contribution < 1.29 is 0 Å². The van der Waals surface area contributed by atoms with Gasteiger partial charge in [-0.25, -0.2) is 0 Å². The molecule has 0 N–H and O–H groups in total. The summed E-state index contributed by atoms with van der Waals surface area (Å²) in [5.74, 6) is 0. The Labute approximate surface area is 247 Å². The molecule has 0 nitrogen and oxygen atoms in total. The van der Waals surface area contributed by atoms with E-state index < -0.39 is 0 Å². The van der Waals surface area contributed by atoms with Crippen molar-refractivity contribution in [1.29, 1.82) is 0 Å². The van der Waals surface area contributed by atoms with Crippen LogP contribution in [0.25, 0.3) is 0 Å². The molecule has 0 heterocycles. The minimum absolute atomic E-state index is 0.291. The Hall–Kier alpha value is -2.86. The molecule has 2 aliphatic rings. The maximum Gasteiger partial charge on any atom is -0.0104 e. The summed E-state index contributed by atoms with van der Waals surface area (Å²) in [6, 6.07) is 0. The predicted octanol–water partition coefficient (Wildman–Crippen LogP) is 12.6. The van der Waals surface area contributed by atoms with Crippen LogP contribution in [0.3, 0.4) is 0 Å². The molecule has 0 saturated carbocycles. The Bertz CT molecular complexity index is 1120. The summed E-state index contributed by atoms with van der Waals surface area (Å²) >= 11 is 0. The number of allylic oxidation sites excluding steroid dienone is 22. The Balaban J connectivity index is 1.89. The first-order valence-corrected chi connectivity index (χ1v) is 15.3. The van der Waals surface area contributed by atoms with Crippen LogP contribution in [0.5, 0.6) is 0 Å². The van der Waals surface area contributed by atoms with E-state index in [1.165, 1.54) is 72.0 Å². The van der Waals surface area contributed by atoms with E-state index in [1.807, 2.05) is 0 Å². The Kier molecular flexibility index (Phi) is 13.2. The van der Waals surface area contributed by atoms with Gasteiger partial charge < -0.3 is 0 Å². The van der Waals surface area contributed by atoms with Crippen LogP contribution >= 0.6 is 0 Å². The highest BCUT2D eigenvalue weighted by molar-refractivity contribution is 5.39. The summed E-state index contributed by atoms with van der Waals surface area (Å²) in [6.45, 7) is 22.7. The van der Waals surface area contributed by atoms with Crippen molar-refractivity contribution in [1.82, 2.24) is 0 Å². The van der Waals surface area contributed by atoms with E-state index in [9.17, 15) is 0 Å². The summed E-state index contributed by atoms with van der Waals surface area (Å²) in [7, 11) is 0. The van der Waals surface area contributed by atoms with E-state index >= 15 is 0 Å². The highest BCUT2D eigenvalue weighted by Crippen LogP contribution is 2.41. The third kappa shape index (κ3) is 11.3. The van der Waals surface area contributed by atoms with E-state index in [0.717, 1.165) is 0 Å². The smallest absolute Gasteiger partial charge is 0.0104 e. The van der Waals surface area contributed by atoms with E-state index in [4.69, 9.17) is 0 Å². The Morgan fingerprint density at radius 3 is 1.18 bits per heavy atom. The SMILES string of the molecule is CC1=C(C=C/C(C)=C/C=C/C(C)=C/C=C/C=C(C)\C=C\C=C(C)/C=C/C2=C(C)CCCC2(C)C)C(C)(C)CCC1. The standard InChI is InChI=1S/C40H56/c1-31(19-13-21-33(3)25-27-37-35(5)23-15-29-39(37,7)8)17-11-12-18-32(2)20-14-22-34(4)26-28-38-36(6)24-16-30-40(38,9)10/h11-14,17-22,25-28H,15-16,23-24,29-30H2,1-10H3/b12-11+,19-13+,20-14+,27-25+,28-26?,31-17-,32-18+,33-21-,34-22+. The van der Waals surface area contributed by atoms with E-state index in [2.05, 4.69) is 154 Å². The van der Waals surface area contributed by atoms with E-state index in [0.29, 0.717) is 10.8 Å². The highest BCUT2D eigenvalue weighted by Gasteiger charge is 2.27. The molecule has 0 aromatic rings. The van der Waals surface area contributed by atoms with Crippen molar-refractivity contribution in [3.05, 3.63) is 130 Å². The summed E-state index contributed by atoms with van der Waals surface area (Å²) in [5, 5.41) is 0. The zero-order valence-corrected chi connectivity index (χ0v) is 27.3. The zero-order chi connectivity index (χ0) is 29.8. The van der Waals surface area contributed by atoms with Crippen LogP contribution in [0, 0.1) is 10.8 Å². The minimum atomic E-state index is 0.291. The first-order valence-electron chi connectivity index (χ1n) is 15.3. The van der Waals surface area contributed by atoms with Crippen molar-refractivity contribution in [3.8, 4) is 0 Å². The van der Waals surface area contributed by atoms with Gasteiger partial charge in [-0.2, -0.15) is 0 Å². The molecule has 0 bridgehead atoms. The van der Waals surface area contributed by atoms with Crippen LogP contribution in [-0.2, 0) is 0 Å². The van der Waals surface area contributed by atoms with Crippen molar-refractivity contribution in [2.45, 2.75) is 108 Å². The van der Waals surface area contributed by atoms with Crippen molar-refractivity contribution >= 4 is 0 Å². The van der Waals surface area contributed by atoms with Gasteiger partial charge in [0.2, 0.25) is 0 Å². The van der Waals surface area contributed by atoms with Gasteiger partial charge in [-0.05, 0) is 102 Å². The maximum absolute atomic E-state index is 2.37. The molecule has 0 amide bonds. The average molecular weight is 537 g/mol. The largest absolute Gasteiger partial charge is 0.0696 e. The van der Waals surface area contributed by atoms with Gasteiger partial charge in [0.15, 0.2) is 0 Å². The fourth-order valence-electron chi connectivity index (χ4n) is 5.79. The average Bonchev–Trinajstić information content (AvgIpc) is 2.85. The van der Waals surface area contributed by atoms with Crippen LogP contribution < -0.4 is 0 Å². The number of hydrogen-bond acceptors (Lipinski definition) is 0. The topological polar surface area (TPSA) is 0 Å². The minimum Gasteiger partial charge on any atom is -0.0696 e. The van der Waals surface area contributed by atoms with Crippen LogP contribution in [0.4, 0.5) is 0 Å². The summed E-state index contributed by atoms with van der Waals surface area (Å²) in [5.41, 5.74) is 11.7. The lowest BCUT2D eigenvalue weighted by molar-refractivity contribution is 0.376. The third-order valence-electron chi connectivity index (χ3n) is 8.38. The van der Waals surface area contributed by atoms with Gasteiger partial charge in [-0.1, -0.05) is 146 Å². The molecule has 2 aliphatic carbocycles. The quantitative estimate of drug-likeness (QED) is 0.244. The second-order valence-corrected chi connectivity index (χ2v) is 13.3. The van der Waals surface area contributed by atoms with Gasteiger partial charge in [0.25, 0.3) is 0 Å². The lowest BCUT2D eigenvalue weighted by Gasteiger charge is -2.33. The molecule has 0 saturated heterocycles. The number of rotatable bonds is 10. The van der Waals surface area contributed by atoms with Crippen LogP contribution in [-0.4, -0.2) is 0 Å². The molecule has 216 valence electrons. The molecule has 40 heavy (non-hydrogen) atoms. The maximum atomic E-state index is 2.37. The first kappa shape index (κ1) is 33.3. The monoisotopic (exact) mass is 536 g/mol. The third-order valence-corrected chi connectivity index (χ3v) is 8.38. The van der Waals surface area contributed by atoms with Crippen LogP contribution in [0.15, 0.2) is 130 Å². The molecule has 0 atom stereocenters. The Morgan fingerprint density at radius 1 is 0.500 bits per heavy atom. The van der Waals surface area contributed by atoms with Crippen molar-refractivity contribution in [3.63, 3.8) is 0 Å². The molecular formula is C40H56. The molecule has 2 rings (SSSR count). The van der Waals surface area contributed by atoms with E-state index in [-0.39, 0.29) is 0 Å². The molecule has 0 spiro atoms. The lowest BCUT2D eigenvalue weighted by Crippen LogP contribution is -2.19. The van der Waals surface area contributed by atoms with Gasteiger partial charge in [0.1, 0.15) is 0 Å². The predicted molar refractivity (Wildman–Crippen MR) is 181 cm³/mol. The lowest BCUT2D eigenvalue weighted by atomic mass is 9.72. The van der Waals surface area contributed by atoms with Crippen molar-refractivity contribution in [2.24, 2.45) is 10.8 Å². The summed E-state index contributed by atoms with van der Waals surface area (Å²) in [4.78, 5) is 0. The summed E-state index contributed by atoms with van der Waals surface area (Å²) < 4.78 is 0. The zero-order valence-electron chi connectivity index (χ0n) is 27.3. The van der Waals surface area contributed by atoms with Crippen LogP contribution in [0.2, 0.25) is 0 Å². The van der Waals surface area contributed by atoms with Gasteiger partial charge >= 0.3 is 0 Å². The fourth-order valence-corrected chi connectivity index (χ4v) is 5.79. The Morgan fingerprint density at radius 2 is 0.825 bits per heavy atom.